The summed E-state index contributed by atoms with van der Waals surface area (Å²) in [6.45, 7) is 0. The fourth-order valence-electron chi connectivity index (χ4n) is 9.70. The Labute approximate surface area is 386 Å². The van der Waals surface area contributed by atoms with Gasteiger partial charge in [0.2, 0.25) is 0 Å². The third-order valence-corrected chi connectivity index (χ3v) is 12.7. The number of pyridine rings is 2. The van der Waals surface area contributed by atoms with Crippen LogP contribution >= 0.6 is 0 Å². The summed E-state index contributed by atoms with van der Waals surface area (Å²) in [4.78, 5) is 9.23. The van der Waals surface area contributed by atoms with Gasteiger partial charge in [-0.2, -0.15) is 13.2 Å². The van der Waals surface area contributed by atoms with Gasteiger partial charge in [-0.1, -0.05) is 109 Å². The molecule has 4 nitrogen and oxygen atoms in total. The van der Waals surface area contributed by atoms with Crippen molar-refractivity contribution in [2.24, 2.45) is 0 Å². The number of benzene rings is 8. The van der Waals surface area contributed by atoms with Crippen LogP contribution in [0, 0.1) is 11.6 Å². The van der Waals surface area contributed by atoms with E-state index in [-0.39, 0.29) is 22.5 Å². The molecule has 0 N–H and O–H groups in total. The summed E-state index contributed by atoms with van der Waals surface area (Å²) < 4.78 is 81.5. The lowest BCUT2D eigenvalue weighted by molar-refractivity contribution is -0.137. The van der Waals surface area contributed by atoms with Crippen molar-refractivity contribution in [3.8, 4) is 67.3 Å². The van der Waals surface area contributed by atoms with Gasteiger partial charge < -0.3 is 9.13 Å². The molecule has 0 atom stereocenters. The summed E-state index contributed by atoms with van der Waals surface area (Å²) in [5.41, 5.74) is 9.08. The molecule has 0 amide bonds. The molecule has 4 heterocycles. The molecule has 0 saturated carbocycles. The van der Waals surface area contributed by atoms with E-state index >= 15 is 22.0 Å². The van der Waals surface area contributed by atoms with Gasteiger partial charge in [-0.3, -0.25) is 9.97 Å². The fourth-order valence-corrected chi connectivity index (χ4v) is 9.70. The molecule has 0 spiro atoms. The summed E-state index contributed by atoms with van der Waals surface area (Å²) in [5.74, 6) is -1.73. The summed E-state index contributed by atoms with van der Waals surface area (Å²) in [6.07, 6.45) is -1.30. The first kappa shape index (κ1) is 40.8. The monoisotopic (exact) mass is 894 g/mol. The lowest BCUT2D eigenvalue weighted by atomic mass is 9.97. The number of para-hydroxylation sites is 2. The van der Waals surface area contributed by atoms with Crippen LogP contribution in [-0.4, -0.2) is 19.1 Å². The summed E-state index contributed by atoms with van der Waals surface area (Å²) in [6, 6.07) is 59.7. The van der Waals surface area contributed by atoms with Gasteiger partial charge in [0.05, 0.1) is 50.4 Å². The quantitative estimate of drug-likeness (QED) is 0.149. The first-order chi connectivity index (χ1) is 33.2. The van der Waals surface area contributed by atoms with Crippen molar-refractivity contribution in [1.82, 2.24) is 19.1 Å². The maximum absolute atomic E-state index is 15.6. The minimum atomic E-state index is -4.82. The average molecular weight is 895 g/mol. The van der Waals surface area contributed by atoms with Crippen molar-refractivity contribution >= 4 is 43.6 Å². The van der Waals surface area contributed by atoms with Crippen molar-refractivity contribution in [2.45, 2.75) is 6.18 Å². The van der Waals surface area contributed by atoms with E-state index in [1.165, 1.54) is 12.1 Å². The highest BCUT2D eigenvalue weighted by Crippen LogP contribution is 2.46. The number of rotatable bonds is 7. The molecule has 68 heavy (non-hydrogen) atoms. The minimum absolute atomic E-state index is 0.0711. The molecule has 0 radical (unpaired) electrons. The molecule has 0 aliphatic carbocycles. The van der Waals surface area contributed by atoms with Crippen LogP contribution in [0.5, 0.6) is 0 Å². The predicted molar refractivity (Wildman–Crippen MR) is 263 cm³/mol. The van der Waals surface area contributed by atoms with Gasteiger partial charge in [-0.25, -0.2) is 8.78 Å². The van der Waals surface area contributed by atoms with E-state index in [0.717, 1.165) is 84.5 Å². The van der Waals surface area contributed by atoms with E-state index in [2.05, 4.69) is 9.97 Å². The average Bonchev–Trinajstić information content (AvgIpc) is 3.88. The Kier molecular flexibility index (Phi) is 9.62. The molecular weight excluding hydrogens is 860 g/mol. The van der Waals surface area contributed by atoms with Crippen LogP contribution in [-0.2, 0) is 6.18 Å². The van der Waals surface area contributed by atoms with Gasteiger partial charge in [0.15, 0.2) is 0 Å². The first-order valence-electron chi connectivity index (χ1n) is 22.0. The van der Waals surface area contributed by atoms with Crippen LogP contribution in [0.25, 0.3) is 111 Å². The minimum Gasteiger partial charge on any atom is -0.309 e. The standard InChI is InChI=1S/C59H35F5N4/c60-44-27-42(28-45(61)35-44)58-56(67-52-17-9-7-15-46(52)48-29-38(19-21-54(48)67)40-23-25-65-50(31-40)36-11-3-1-4-12-36)33-43(59(62,63)64)34-57(58)68-53-18-10-8-16-47(53)49-30-39(20-22-55(49)68)41-24-26-66-51(32-41)37-13-5-2-6-14-37/h1-35H. The molecule has 0 aliphatic heterocycles. The molecule has 9 heteroatoms. The van der Waals surface area contributed by atoms with Crippen molar-refractivity contribution in [3.05, 3.63) is 230 Å². The second-order valence-electron chi connectivity index (χ2n) is 16.8. The lowest BCUT2D eigenvalue weighted by Crippen LogP contribution is -2.11. The Morgan fingerprint density at radius 1 is 0.338 bits per heavy atom. The molecule has 0 saturated heterocycles. The number of hydrogen-bond donors (Lipinski definition) is 0. The zero-order chi connectivity index (χ0) is 46.1. The Balaban J connectivity index is 1.13. The smallest absolute Gasteiger partial charge is 0.309 e. The molecule has 326 valence electrons. The number of fused-ring (bicyclic) bond motifs is 6. The van der Waals surface area contributed by atoms with Gasteiger partial charge in [0.1, 0.15) is 11.6 Å². The molecule has 12 aromatic rings. The molecule has 12 rings (SSSR count). The third kappa shape index (κ3) is 6.98. The number of alkyl halides is 3. The number of halogens is 5. The predicted octanol–water partition coefficient (Wildman–Crippen LogP) is 16.3. The zero-order valence-electron chi connectivity index (χ0n) is 35.9. The van der Waals surface area contributed by atoms with Crippen LogP contribution in [0.3, 0.4) is 0 Å². The van der Waals surface area contributed by atoms with Gasteiger partial charge in [0.25, 0.3) is 0 Å². The highest BCUT2D eigenvalue weighted by atomic mass is 19.4. The van der Waals surface area contributed by atoms with Gasteiger partial charge >= 0.3 is 6.18 Å². The van der Waals surface area contributed by atoms with E-state index in [4.69, 9.17) is 0 Å². The topological polar surface area (TPSA) is 35.6 Å². The molecule has 0 fully saturated rings. The van der Waals surface area contributed by atoms with Crippen LogP contribution in [0.15, 0.2) is 213 Å². The number of aromatic nitrogens is 4. The molecule has 0 bridgehead atoms. The molecule has 4 aromatic heterocycles. The Morgan fingerprint density at radius 3 is 1.21 bits per heavy atom. The largest absolute Gasteiger partial charge is 0.416 e. The van der Waals surface area contributed by atoms with Gasteiger partial charge in [-0.05, 0) is 113 Å². The number of hydrogen-bond acceptors (Lipinski definition) is 2. The summed E-state index contributed by atoms with van der Waals surface area (Å²) in [7, 11) is 0. The summed E-state index contributed by atoms with van der Waals surface area (Å²) >= 11 is 0. The lowest BCUT2D eigenvalue weighted by Gasteiger charge is -2.23. The van der Waals surface area contributed by atoms with Crippen molar-refractivity contribution < 1.29 is 22.0 Å². The van der Waals surface area contributed by atoms with Crippen LogP contribution < -0.4 is 0 Å². The molecule has 0 unspecified atom stereocenters. The van der Waals surface area contributed by atoms with E-state index in [9.17, 15) is 0 Å². The first-order valence-corrected chi connectivity index (χ1v) is 22.0. The van der Waals surface area contributed by atoms with Crippen molar-refractivity contribution in [1.29, 1.82) is 0 Å². The second-order valence-corrected chi connectivity index (χ2v) is 16.8. The second kappa shape index (κ2) is 16.0. The summed E-state index contributed by atoms with van der Waals surface area (Å²) in [5, 5.41) is 3.13. The fraction of sp³-hybridized carbons (Fsp3) is 0.0169. The normalized spacial score (nSPS) is 11.9. The van der Waals surface area contributed by atoms with Crippen LogP contribution in [0.4, 0.5) is 22.0 Å². The van der Waals surface area contributed by atoms with E-state index in [1.807, 2.05) is 170 Å². The Morgan fingerprint density at radius 2 is 0.750 bits per heavy atom. The number of nitrogens with zero attached hydrogens (tertiary/aromatic N) is 4. The highest BCUT2D eigenvalue weighted by molar-refractivity contribution is 6.13. The molecule has 0 aliphatic rings. The van der Waals surface area contributed by atoms with Crippen LogP contribution in [0.1, 0.15) is 5.56 Å². The van der Waals surface area contributed by atoms with Crippen LogP contribution in [0.2, 0.25) is 0 Å². The third-order valence-electron chi connectivity index (χ3n) is 12.7. The highest BCUT2D eigenvalue weighted by Gasteiger charge is 2.34. The van der Waals surface area contributed by atoms with Gasteiger partial charge in [0, 0.05) is 56.7 Å². The SMILES string of the molecule is Fc1cc(F)cc(-c2c(-n3c4ccccc4c4cc(-c5ccnc(-c6ccccc6)c5)ccc43)cc(C(F)(F)F)cc2-n2c3ccccc3c3cc(-c4ccnc(-c5ccccc5)c4)ccc32)c1. The van der Waals surface area contributed by atoms with E-state index in [1.54, 1.807) is 21.5 Å². The van der Waals surface area contributed by atoms with Gasteiger partial charge in [-0.15, -0.1) is 0 Å². The molecule has 8 aromatic carbocycles. The zero-order valence-corrected chi connectivity index (χ0v) is 35.9. The van der Waals surface area contributed by atoms with E-state index < -0.39 is 23.4 Å². The Hall–Kier alpha value is -8.69. The van der Waals surface area contributed by atoms with E-state index in [0.29, 0.717) is 22.1 Å². The maximum atomic E-state index is 15.6. The molecular formula is C59H35F5N4. The maximum Gasteiger partial charge on any atom is 0.416 e. The van der Waals surface area contributed by atoms with Crippen molar-refractivity contribution in [2.75, 3.05) is 0 Å². The Bertz CT molecular complexity index is 3690. The van der Waals surface area contributed by atoms with Crippen molar-refractivity contribution in [3.63, 3.8) is 0 Å².